The number of benzene rings is 2. The molecule has 0 spiro atoms. The third-order valence-electron chi connectivity index (χ3n) is 5.92. The van der Waals surface area contributed by atoms with Crippen LogP contribution < -0.4 is 30.9 Å². The van der Waals surface area contributed by atoms with Crippen molar-refractivity contribution < 1.29 is 14.2 Å². The van der Waals surface area contributed by atoms with Gasteiger partial charge < -0.3 is 18.8 Å². The van der Waals surface area contributed by atoms with Gasteiger partial charge >= 0.3 is 5.69 Å². The minimum Gasteiger partial charge on any atom is -0.497 e. The fourth-order valence-corrected chi connectivity index (χ4v) is 3.88. The van der Waals surface area contributed by atoms with Crippen LogP contribution in [-0.2, 0) is 27.1 Å². The number of hydrogen-bond acceptors (Lipinski definition) is 8. The minimum absolute atomic E-state index is 0.279. The summed E-state index contributed by atoms with van der Waals surface area (Å²) in [6.45, 7) is 0.435. The van der Waals surface area contributed by atoms with Crippen LogP contribution in [0.5, 0.6) is 17.2 Å². The van der Waals surface area contributed by atoms with Crippen molar-refractivity contribution in [3.8, 4) is 17.2 Å². The Labute approximate surface area is 207 Å². The molecule has 0 fully saturated rings. The minimum atomic E-state index is -0.451. The first-order valence-electron chi connectivity index (χ1n) is 11.2. The second kappa shape index (κ2) is 10.4. The normalized spacial score (nSPS) is 11.2. The number of hydrogen-bond donors (Lipinski definition) is 1. The predicted octanol–water partition coefficient (Wildman–Crippen LogP) is 2.15. The Morgan fingerprint density at radius 3 is 2.33 bits per heavy atom. The molecule has 0 radical (unpaired) electrons. The van der Waals surface area contributed by atoms with Gasteiger partial charge in [0.15, 0.2) is 22.7 Å². The highest BCUT2D eigenvalue weighted by molar-refractivity contribution is 5.82. The van der Waals surface area contributed by atoms with Gasteiger partial charge in [0.1, 0.15) is 5.75 Å². The third kappa shape index (κ3) is 4.67. The highest BCUT2D eigenvalue weighted by atomic mass is 16.5. The zero-order chi connectivity index (χ0) is 25.8. The summed E-state index contributed by atoms with van der Waals surface area (Å²) in [6.07, 6.45) is 2.22. The molecule has 188 valence electrons. The number of nitrogens with zero attached hydrogens (tertiary/aromatic N) is 5. The van der Waals surface area contributed by atoms with Gasteiger partial charge in [-0.15, -0.1) is 0 Å². The van der Waals surface area contributed by atoms with E-state index < -0.39 is 11.2 Å². The van der Waals surface area contributed by atoms with Crippen LogP contribution in [0.15, 0.2) is 57.2 Å². The Hall–Kier alpha value is -4.54. The Morgan fingerprint density at radius 1 is 0.944 bits per heavy atom. The fourth-order valence-electron chi connectivity index (χ4n) is 3.88. The van der Waals surface area contributed by atoms with Gasteiger partial charge in [-0.05, 0) is 47.9 Å². The van der Waals surface area contributed by atoms with Crippen molar-refractivity contribution in [3.05, 3.63) is 74.4 Å². The van der Waals surface area contributed by atoms with Crippen molar-refractivity contribution in [1.29, 1.82) is 0 Å². The molecule has 2 aromatic heterocycles. The summed E-state index contributed by atoms with van der Waals surface area (Å²) < 4.78 is 20.0. The number of rotatable bonds is 9. The van der Waals surface area contributed by atoms with Gasteiger partial charge in [-0.25, -0.2) is 10.2 Å². The molecule has 0 aliphatic rings. The van der Waals surface area contributed by atoms with Gasteiger partial charge in [0, 0.05) is 20.6 Å². The second-order valence-electron chi connectivity index (χ2n) is 8.05. The summed E-state index contributed by atoms with van der Waals surface area (Å²) in [5.41, 5.74) is 4.47. The molecule has 0 saturated carbocycles. The molecule has 11 nitrogen and oxygen atoms in total. The summed E-state index contributed by atoms with van der Waals surface area (Å²) in [5.74, 6) is 2.29. The summed E-state index contributed by atoms with van der Waals surface area (Å²) in [7, 11) is 7.79. The largest absolute Gasteiger partial charge is 0.497 e. The fraction of sp³-hybridized carbons (Fsp3) is 0.280. The van der Waals surface area contributed by atoms with Crippen LogP contribution in [0.2, 0.25) is 0 Å². The molecule has 1 N–H and O–H groups in total. The molecule has 2 heterocycles. The number of aryl methyl sites for hydroxylation is 3. The highest BCUT2D eigenvalue weighted by Crippen LogP contribution is 2.27. The molecular weight excluding hydrogens is 464 g/mol. The maximum absolute atomic E-state index is 13.0. The first-order valence-corrected chi connectivity index (χ1v) is 11.2. The van der Waals surface area contributed by atoms with Gasteiger partial charge in [-0.3, -0.25) is 13.9 Å². The van der Waals surface area contributed by atoms with Crippen LogP contribution in [0.3, 0.4) is 0 Å². The smallest absolute Gasteiger partial charge is 0.332 e. The topological polar surface area (TPSA) is 114 Å². The third-order valence-corrected chi connectivity index (χ3v) is 5.92. The summed E-state index contributed by atoms with van der Waals surface area (Å²) >= 11 is 0. The molecule has 0 saturated heterocycles. The number of fused-ring (bicyclic) bond motifs is 1. The molecular formula is C25H28N6O5. The van der Waals surface area contributed by atoms with Gasteiger partial charge in [-0.2, -0.15) is 10.1 Å². The van der Waals surface area contributed by atoms with Crippen LogP contribution >= 0.6 is 0 Å². The zero-order valence-electron chi connectivity index (χ0n) is 20.8. The summed E-state index contributed by atoms with van der Waals surface area (Å²) in [4.78, 5) is 30.0. The summed E-state index contributed by atoms with van der Waals surface area (Å²) in [6, 6.07) is 13.1. The highest BCUT2D eigenvalue weighted by Gasteiger charge is 2.19. The van der Waals surface area contributed by atoms with Gasteiger partial charge in [0.2, 0.25) is 5.95 Å². The van der Waals surface area contributed by atoms with E-state index in [2.05, 4.69) is 15.5 Å². The van der Waals surface area contributed by atoms with E-state index in [9.17, 15) is 9.59 Å². The van der Waals surface area contributed by atoms with Crippen LogP contribution in [0.25, 0.3) is 11.2 Å². The van der Waals surface area contributed by atoms with E-state index in [1.807, 2.05) is 30.3 Å². The molecule has 4 aromatic rings. The lowest BCUT2D eigenvalue weighted by Gasteiger charge is -2.10. The first-order chi connectivity index (χ1) is 17.4. The van der Waals surface area contributed by atoms with Crippen molar-refractivity contribution in [3.63, 3.8) is 0 Å². The van der Waals surface area contributed by atoms with E-state index in [0.29, 0.717) is 35.9 Å². The van der Waals surface area contributed by atoms with E-state index in [0.717, 1.165) is 21.4 Å². The van der Waals surface area contributed by atoms with Crippen LogP contribution in [0, 0.1) is 0 Å². The van der Waals surface area contributed by atoms with E-state index in [1.54, 1.807) is 51.3 Å². The molecule has 0 aliphatic heterocycles. The number of imidazole rings is 1. The monoisotopic (exact) mass is 492 g/mol. The van der Waals surface area contributed by atoms with Gasteiger partial charge in [0.25, 0.3) is 5.56 Å². The maximum Gasteiger partial charge on any atom is 0.332 e. The lowest BCUT2D eigenvalue weighted by molar-refractivity contribution is 0.355. The van der Waals surface area contributed by atoms with Crippen LogP contribution in [0.1, 0.15) is 11.1 Å². The molecule has 0 unspecified atom stereocenters. The van der Waals surface area contributed by atoms with Crippen molar-refractivity contribution in [2.45, 2.75) is 13.0 Å². The van der Waals surface area contributed by atoms with Gasteiger partial charge in [-0.1, -0.05) is 12.1 Å². The van der Waals surface area contributed by atoms with Crippen molar-refractivity contribution in [1.82, 2.24) is 18.7 Å². The number of anilines is 1. The second-order valence-corrected chi connectivity index (χ2v) is 8.05. The molecule has 4 rings (SSSR count). The Kier molecular flexibility index (Phi) is 7.09. The van der Waals surface area contributed by atoms with Crippen molar-refractivity contribution in [2.24, 2.45) is 19.2 Å². The van der Waals surface area contributed by atoms with E-state index in [4.69, 9.17) is 14.2 Å². The molecule has 0 aliphatic carbocycles. The maximum atomic E-state index is 13.0. The first kappa shape index (κ1) is 24.6. The standard InChI is InChI=1S/C25H28N6O5/c1-29-22-21(23(32)30(2)25(29)33)31(13-12-16-6-9-18(34-3)10-7-16)24(27-22)28-26-15-17-8-11-19(35-4)20(14-17)36-5/h6-11,14-15H,12-13H2,1-5H3,(H,27,28)/b26-15-. The lowest BCUT2D eigenvalue weighted by atomic mass is 10.1. The predicted molar refractivity (Wildman–Crippen MR) is 138 cm³/mol. The summed E-state index contributed by atoms with van der Waals surface area (Å²) in [5, 5.41) is 4.31. The average Bonchev–Trinajstić information content (AvgIpc) is 3.28. The molecule has 0 amide bonds. The van der Waals surface area contributed by atoms with E-state index in [1.165, 1.54) is 11.6 Å². The van der Waals surface area contributed by atoms with E-state index in [-0.39, 0.29) is 5.65 Å². The zero-order valence-corrected chi connectivity index (χ0v) is 20.8. The number of nitrogens with one attached hydrogen (secondary N) is 1. The molecule has 0 atom stereocenters. The Morgan fingerprint density at radius 2 is 1.67 bits per heavy atom. The lowest BCUT2D eigenvalue weighted by Crippen LogP contribution is -2.37. The Balaban J connectivity index is 1.70. The number of ether oxygens (including phenoxy) is 3. The molecule has 36 heavy (non-hydrogen) atoms. The SMILES string of the molecule is COc1ccc(CCn2c(N/N=C\c3ccc(OC)c(OC)c3)nc3c2c(=O)n(C)c(=O)n3C)cc1. The Bertz CT molecular complexity index is 1530. The quantitative estimate of drug-likeness (QED) is 0.281. The van der Waals surface area contributed by atoms with Gasteiger partial charge in [0.05, 0.1) is 27.5 Å². The molecule has 0 bridgehead atoms. The molecule has 2 aromatic carbocycles. The van der Waals surface area contributed by atoms with Crippen LogP contribution in [0.4, 0.5) is 5.95 Å². The number of methoxy groups -OCH3 is 3. The van der Waals surface area contributed by atoms with Crippen molar-refractivity contribution in [2.75, 3.05) is 26.8 Å². The number of aromatic nitrogens is 4. The van der Waals surface area contributed by atoms with Crippen LogP contribution in [-0.4, -0.2) is 46.2 Å². The molecule has 11 heteroatoms. The number of hydrazone groups is 1. The van der Waals surface area contributed by atoms with E-state index >= 15 is 0 Å². The average molecular weight is 493 g/mol. The van der Waals surface area contributed by atoms with Crippen molar-refractivity contribution >= 4 is 23.3 Å².